The fraction of sp³-hybridized carbons (Fsp3) is 0.407. The lowest BCUT2D eigenvalue weighted by Crippen LogP contribution is -2.61. The Hall–Kier alpha value is -4.44. The number of aromatic hydroxyl groups is 4. The number of benzene rings is 2. The standard InChI is InChI=1S/C27H28O19/c28-5-11-13(33)15(35)18(38)26(42-11)44-21-10(32)4-9(31)12-14(34)23(20(43-22(12)21)6-1-2-7(29)8(30)3-6)45-27-19(39)16(36)17(37)24(46-27)25(40)41/h1-4,11,13,15-19,24,26-33,35-39H,5H2,(H,40,41)/t11-,13-,15+,16+,17+,18-,19-,24+,26+,27-/m1/s1. The Morgan fingerprint density at radius 3 is 1.93 bits per heavy atom. The summed E-state index contributed by atoms with van der Waals surface area (Å²) in [6.07, 6.45) is -19.9. The number of hydrogen-bond donors (Lipinski definition) is 12. The topological polar surface area (TPSA) is 327 Å². The summed E-state index contributed by atoms with van der Waals surface area (Å²) >= 11 is 0. The number of carboxylic acids is 1. The van der Waals surface area contributed by atoms with Crippen molar-refractivity contribution in [2.75, 3.05) is 6.61 Å². The molecule has 0 radical (unpaired) electrons. The van der Waals surface area contributed by atoms with Crippen molar-refractivity contribution in [2.45, 2.75) is 61.4 Å². The first-order chi connectivity index (χ1) is 21.7. The Labute approximate surface area is 255 Å². The number of hydrogen-bond acceptors (Lipinski definition) is 18. The van der Waals surface area contributed by atoms with Crippen LogP contribution in [-0.2, 0) is 14.3 Å². The van der Waals surface area contributed by atoms with E-state index < -0.39 is 131 Å². The number of aliphatic hydroxyl groups excluding tert-OH is 7. The number of aliphatic carboxylic acids is 1. The molecule has 10 atom stereocenters. The van der Waals surface area contributed by atoms with Crippen LogP contribution in [0.5, 0.6) is 34.5 Å². The first kappa shape index (κ1) is 32.9. The van der Waals surface area contributed by atoms with Gasteiger partial charge >= 0.3 is 5.97 Å². The van der Waals surface area contributed by atoms with Crippen molar-refractivity contribution >= 4 is 16.9 Å². The highest BCUT2D eigenvalue weighted by atomic mass is 16.7. The van der Waals surface area contributed by atoms with Gasteiger partial charge in [0, 0.05) is 11.6 Å². The van der Waals surface area contributed by atoms with E-state index in [0.29, 0.717) is 6.07 Å². The van der Waals surface area contributed by atoms with Crippen molar-refractivity contribution in [2.24, 2.45) is 0 Å². The van der Waals surface area contributed by atoms with Gasteiger partial charge in [0.15, 0.2) is 34.7 Å². The number of aliphatic hydroxyl groups is 7. The summed E-state index contributed by atoms with van der Waals surface area (Å²) in [7, 11) is 0. The summed E-state index contributed by atoms with van der Waals surface area (Å²) in [5.74, 6) is -7.48. The maximum atomic E-state index is 13.9. The van der Waals surface area contributed by atoms with E-state index >= 15 is 0 Å². The van der Waals surface area contributed by atoms with Crippen molar-refractivity contribution in [3.05, 3.63) is 34.5 Å². The Morgan fingerprint density at radius 2 is 1.33 bits per heavy atom. The van der Waals surface area contributed by atoms with E-state index in [9.17, 15) is 70.9 Å². The largest absolute Gasteiger partial charge is 0.507 e. The van der Waals surface area contributed by atoms with E-state index in [1.165, 1.54) is 0 Å². The number of phenolic OH excluding ortho intramolecular Hbond substituents is 4. The lowest BCUT2D eigenvalue weighted by atomic mass is 9.99. The molecular weight excluding hydrogens is 628 g/mol. The molecule has 2 aliphatic rings. The molecule has 3 aromatic rings. The molecular formula is C27H28O19. The second kappa shape index (κ2) is 12.4. The highest BCUT2D eigenvalue weighted by Crippen LogP contribution is 2.45. The molecule has 0 aliphatic carbocycles. The second-order valence-electron chi connectivity index (χ2n) is 10.4. The molecule has 0 bridgehead atoms. The third-order valence-electron chi connectivity index (χ3n) is 7.41. The normalized spacial score (nSPS) is 31.5. The first-order valence-corrected chi connectivity index (χ1v) is 13.3. The predicted molar refractivity (Wildman–Crippen MR) is 144 cm³/mol. The maximum Gasteiger partial charge on any atom is 0.335 e. The van der Waals surface area contributed by atoms with Crippen LogP contribution in [0.3, 0.4) is 0 Å². The molecule has 2 saturated heterocycles. The number of rotatable bonds is 7. The van der Waals surface area contributed by atoms with Crippen LogP contribution in [-0.4, -0.2) is 135 Å². The molecule has 46 heavy (non-hydrogen) atoms. The SMILES string of the molecule is O=C(O)[C@H]1O[C@@H](Oc2c(-c3ccc(O)c(O)c3)oc3c(O[C@@H]4O[C@H](CO)[C@@H](O)[C@H](O)[C@H]4O)c(O)cc(O)c3c2=O)[C@H](O)[C@@H](O)[C@@H]1O. The number of carboxylic acid groups (broad SMARTS) is 1. The fourth-order valence-electron chi connectivity index (χ4n) is 4.92. The molecule has 19 heteroatoms. The summed E-state index contributed by atoms with van der Waals surface area (Å²) < 4.78 is 27.2. The Kier molecular flexibility index (Phi) is 8.88. The van der Waals surface area contributed by atoms with E-state index in [1.54, 1.807) is 0 Å². The molecule has 3 heterocycles. The van der Waals surface area contributed by atoms with Crippen LogP contribution in [0, 0.1) is 0 Å². The molecule has 0 spiro atoms. The lowest BCUT2D eigenvalue weighted by Gasteiger charge is -2.39. The van der Waals surface area contributed by atoms with Gasteiger partial charge in [-0.1, -0.05) is 0 Å². The number of ether oxygens (including phenoxy) is 4. The van der Waals surface area contributed by atoms with Gasteiger partial charge < -0.3 is 84.6 Å². The molecule has 0 saturated carbocycles. The van der Waals surface area contributed by atoms with Crippen LogP contribution in [0.2, 0.25) is 0 Å². The van der Waals surface area contributed by atoms with Crippen LogP contribution in [0.15, 0.2) is 33.5 Å². The number of fused-ring (bicyclic) bond motifs is 1. The van der Waals surface area contributed by atoms with Crippen molar-refractivity contribution < 1.29 is 89.4 Å². The van der Waals surface area contributed by atoms with E-state index in [2.05, 4.69) is 0 Å². The zero-order chi connectivity index (χ0) is 33.8. The van der Waals surface area contributed by atoms with Crippen molar-refractivity contribution in [1.29, 1.82) is 0 Å². The summed E-state index contributed by atoms with van der Waals surface area (Å²) in [5.41, 5.74) is -2.35. The van der Waals surface area contributed by atoms with Gasteiger partial charge in [-0.15, -0.1) is 0 Å². The summed E-state index contributed by atoms with van der Waals surface area (Å²) in [4.78, 5) is 25.5. The van der Waals surface area contributed by atoms with Crippen molar-refractivity contribution in [1.82, 2.24) is 0 Å². The highest BCUT2D eigenvalue weighted by Gasteiger charge is 2.49. The summed E-state index contributed by atoms with van der Waals surface area (Å²) in [6.45, 7) is -0.846. The molecule has 0 amide bonds. The molecule has 2 aliphatic heterocycles. The molecule has 0 unspecified atom stereocenters. The summed E-state index contributed by atoms with van der Waals surface area (Å²) in [6, 6.07) is 3.50. The maximum absolute atomic E-state index is 13.9. The minimum Gasteiger partial charge on any atom is -0.507 e. The monoisotopic (exact) mass is 656 g/mol. The number of carbonyl (C=O) groups is 1. The molecule has 2 aromatic carbocycles. The highest BCUT2D eigenvalue weighted by molar-refractivity contribution is 5.93. The van der Waals surface area contributed by atoms with Gasteiger partial charge in [0.25, 0.3) is 0 Å². The smallest absolute Gasteiger partial charge is 0.335 e. The van der Waals surface area contributed by atoms with E-state index in [1.807, 2.05) is 0 Å². The van der Waals surface area contributed by atoms with Gasteiger partial charge in [0.05, 0.1) is 6.61 Å². The third-order valence-corrected chi connectivity index (χ3v) is 7.41. The first-order valence-electron chi connectivity index (χ1n) is 13.3. The van der Waals surface area contributed by atoms with Crippen LogP contribution in [0.4, 0.5) is 0 Å². The van der Waals surface area contributed by atoms with E-state index in [-0.39, 0.29) is 5.56 Å². The molecule has 12 N–H and O–H groups in total. The molecule has 2 fully saturated rings. The minimum absolute atomic E-state index is 0.258. The average molecular weight is 657 g/mol. The van der Waals surface area contributed by atoms with E-state index in [0.717, 1.165) is 18.2 Å². The predicted octanol–water partition coefficient (Wildman–Crippen LogP) is -3.27. The fourth-order valence-corrected chi connectivity index (χ4v) is 4.92. The van der Waals surface area contributed by atoms with Crippen LogP contribution >= 0.6 is 0 Å². The number of phenols is 4. The van der Waals surface area contributed by atoms with E-state index in [4.69, 9.17) is 23.4 Å². The Balaban J connectivity index is 1.70. The van der Waals surface area contributed by atoms with Crippen molar-refractivity contribution in [3.63, 3.8) is 0 Å². The molecule has 5 rings (SSSR count). The average Bonchev–Trinajstić information content (AvgIpc) is 3.01. The van der Waals surface area contributed by atoms with Crippen LogP contribution in [0.1, 0.15) is 0 Å². The Bertz CT molecular complexity index is 1690. The van der Waals surface area contributed by atoms with Gasteiger partial charge in [-0.25, -0.2) is 4.79 Å². The minimum atomic E-state index is -2.17. The summed E-state index contributed by atoms with van der Waals surface area (Å²) in [5, 5.41) is 121. The molecule has 19 nitrogen and oxygen atoms in total. The quantitative estimate of drug-likeness (QED) is 0.111. The zero-order valence-corrected chi connectivity index (χ0v) is 23.0. The third kappa shape index (κ3) is 5.59. The van der Waals surface area contributed by atoms with Crippen LogP contribution in [0.25, 0.3) is 22.3 Å². The van der Waals surface area contributed by atoms with Crippen LogP contribution < -0.4 is 14.9 Å². The van der Waals surface area contributed by atoms with Gasteiger partial charge in [-0.2, -0.15) is 0 Å². The van der Waals surface area contributed by atoms with Gasteiger partial charge in [-0.05, 0) is 18.2 Å². The lowest BCUT2D eigenvalue weighted by molar-refractivity contribution is -0.277. The van der Waals surface area contributed by atoms with Gasteiger partial charge in [-0.3, -0.25) is 4.79 Å². The van der Waals surface area contributed by atoms with Gasteiger partial charge in [0.1, 0.15) is 53.9 Å². The Morgan fingerprint density at radius 1 is 0.717 bits per heavy atom. The second-order valence-corrected chi connectivity index (χ2v) is 10.4. The van der Waals surface area contributed by atoms with Gasteiger partial charge in [0.2, 0.25) is 29.5 Å². The molecule has 250 valence electrons. The zero-order valence-electron chi connectivity index (χ0n) is 23.0. The molecule has 1 aromatic heterocycles. The van der Waals surface area contributed by atoms with Crippen molar-refractivity contribution in [3.8, 4) is 45.8 Å².